The highest BCUT2D eigenvalue weighted by Crippen LogP contribution is 2.34. The fourth-order valence-corrected chi connectivity index (χ4v) is 5.38. The number of benzene rings is 1. The molecule has 0 bridgehead atoms. The van der Waals surface area contributed by atoms with E-state index in [1.165, 1.54) is 12.8 Å². The van der Waals surface area contributed by atoms with Gasteiger partial charge in [-0.05, 0) is 64.4 Å². The number of aromatic nitrogens is 3. The molecule has 1 saturated heterocycles. The molecule has 1 amide bonds. The Morgan fingerprint density at radius 3 is 2.65 bits per heavy atom. The number of amides is 1. The second-order valence-corrected chi connectivity index (χ2v) is 9.47. The summed E-state index contributed by atoms with van der Waals surface area (Å²) in [4.78, 5) is 33.4. The Morgan fingerprint density at radius 1 is 1.13 bits per heavy atom. The van der Waals surface area contributed by atoms with Crippen LogP contribution in [0.1, 0.15) is 60.5 Å². The Hall–Kier alpha value is -2.67. The van der Waals surface area contributed by atoms with E-state index >= 15 is 0 Å². The lowest BCUT2D eigenvalue weighted by molar-refractivity contribution is 0.0634. The van der Waals surface area contributed by atoms with Crippen molar-refractivity contribution in [3.8, 4) is 0 Å². The summed E-state index contributed by atoms with van der Waals surface area (Å²) in [7, 11) is 4.16. The zero-order valence-electron chi connectivity index (χ0n) is 18.6. The van der Waals surface area contributed by atoms with E-state index in [2.05, 4.69) is 29.1 Å². The van der Waals surface area contributed by atoms with Crippen LogP contribution in [0, 0.1) is 6.92 Å². The molecule has 3 aromatic rings. The third-order valence-corrected chi connectivity index (χ3v) is 7.22. The summed E-state index contributed by atoms with van der Waals surface area (Å²) in [5, 5.41) is 6.12. The van der Waals surface area contributed by atoms with Crippen molar-refractivity contribution in [3.05, 3.63) is 39.8 Å². The molecule has 1 aliphatic heterocycles. The van der Waals surface area contributed by atoms with Gasteiger partial charge in [-0.2, -0.15) is 5.10 Å². The number of likely N-dealkylation sites (N-methyl/N-ethyl adjacent to an activating group) is 1. The number of nitrogens with one attached hydrogen (secondary N) is 1. The Kier molecular flexibility index (Phi) is 5.08. The fraction of sp³-hybridized carbons (Fsp3) is 0.542. The topological polar surface area (TPSA) is 74.2 Å². The van der Waals surface area contributed by atoms with Crippen LogP contribution in [0.15, 0.2) is 23.1 Å². The Morgan fingerprint density at radius 2 is 1.90 bits per heavy atom. The molecule has 1 unspecified atom stereocenters. The molecule has 1 atom stereocenters. The van der Waals surface area contributed by atoms with Crippen molar-refractivity contribution in [3.63, 3.8) is 0 Å². The monoisotopic (exact) mass is 421 g/mol. The van der Waals surface area contributed by atoms with Crippen LogP contribution in [0.4, 0.5) is 0 Å². The van der Waals surface area contributed by atoms with Crippen molar-refractivity contribution in [1.82, 2.24) is 24.6 Å². The maximum atomic E-state index is 13.5. The number of likely N-dealkylation sites (tertiary alicyclic amines) is 1. The van der Waals surface area contributed by atoms with Gasteiger partial charge in [-0.3, -0.25) is 14.3 Å². The number of H-pyrrole nitrogens is 1. The molecule has 0 radical (unpaired) electrons. The average Bonchev–Trinajstić information content (AvgIpc) is 3.43. The molecular formula is C24H31N5O2. The van der Waals surface area contributed by atoms with Crippen LogP contribution in [0.3, 0.4) is 0 Å². The zero-order valence-corrected chi connectivity index (χ0v) is 18.6. The molecule has 2 aromatic heterocycles. The van der Waals surface area contributed by atoms with Gasteiger partial charge in [0.25, 0.3) is 11.5 Å². The number of aryl methyl sites for hydroxylation is 1. The SMILES string of the molecule is Cc1cc2[nH]c(=O)c3cnn(C4CCCC4)c3c2cc1C(=O)N1CCCC(N(C)C)C1. The van der Waals surface area contributed by atoms with E-state index in [1.54, 1.807) is 6.20 Å². The molecule has 5 rings (SSSR count). The first-order chi connectivity index (χ1) is 14.9. The molecule has 1 N–H and O–H groups in total. The lowest BCUT2D eigenvalue weighted by Crippen LogP contribution is -2.47. The number of hydrogen-bond acceptors (Lipinski definition) is 4. The number of carbonyl (C=O) groups is 1. The van der Waals surface area contributed by atoms with Crippen LogP contribution in [0.25, 0.3) is 21.8 Å². The van der Waals surface area contributed by atoms with Crippen molar-refractivity contribution in [1.29, 1.82) is 0 Å². The lowest BCUT2D eigenvalue weighted by Gasteiger charge is -2.36. The van der Waals surface area contributed by atoms with Gasteiger partial charge < -0.3 is 14.8 Å². The molecule has 31 heavy (non-hydrogen) atoms. The van der Waals surface area contributed by atoms with Crippen LogP contribution in [-0.4, -0.2) is 63.7 Å². The van der Waals surface area contributed by atoms with Crippen LogP contribution in [-0.2, 0) is 0 Å². The third kappa shape index (κ3) is 3.45. The van der Waals surface area contributed by atoms with Gasteiger partial charge in [0.05, 0.1) is 28.7 Å². The minimum atomic E-state index is -0.116. The Balaban J connectivity index is 1.63. The van der Waals surface area contributed by atoms with E-state index in [0.29, 0.717) is 17.5 Å². The maximum Gasteiger partial charge on any atom is 0.259 e. The molecule has 1 aliphatic carbocycles. The van der Waals surface area contributed by atoms with Gasteiger partial charge in [-0.25, -0.2) is 0 Å². The lowest BCUT2D eigenvalue weighted by atomic mass is 9.99. The average molecular weight is 422 g/mol. The number of nitrogens with zero attached hydrogens (tertiary/aromatic N) is 4. The zero-order chi connectivity index (χ0) is 21.7. The van der Waals surface area contributed by atoms with E-state index in [0.717, 1.165) is 66.3 Å². The number of carbonyl (C=O) groups excluding carboxylic acids is 1. The summed E-state index contributed by atoms with van der Waals surface area (Å²) in [6.45, 7) is 3.50. The van der Waals surface area contributed by atoms with Gasteiger partial charge >= 0.3 is 0 Å². The molecule has 2 aliphatic rings. The number of piperidine rings is 1. The quantitative estimate of drug-likeness (QED) is 0.703. The van der Waals surface area contributed by atoms with Crippen LogP contribution >= 0.6 is 0 Å². The first-order valence-electron chi connectivity index (χ1n) is 11.4. The summed E-state index contributed by atoms with van der Waals surface area (Å²) in [5.74, 6) is 0.0808. The Bertz CT molecular complexity index is 1200. The van der Waals surface area contributed by atoms with Gasteiger partial charge in [0.15, 0.2) is 0 Å². The largest absolute Gasteiger partial charge is 0.337 e. The predicted molar refractivity (Wildman–Crippen MR) is 123 cm³/mol. The summed E-state index contributed by atoms with van der Waals surface area (Å²) in [6.07, 6.45) is 8.38. The molecule has 7 heteroatoms. The van der Waals surface area contributed by atoms with Crippen molar-refractivity contribution < 1.29 is 4.79 Å². The van der Waals surface area contributed by atoms with Gasteiger partial charge in [0.1, 0.15) is 0 Å². The summed E-state index contributed by atoms with van der Waals surface area (Å²) in [5.41, 5.74) is 3.14. The second-order valence-electron chi connectivity index (χ2n) is 9.47. The third-order valence-electron chi connectivity index (χ3n) is 7.22. The van der Waals surface area contributed by atoms with Crippen LogP contribution in [0.5, 0.6) is 0 Å². The number of rotatable bonds is 3. The standard InChI is InChI=1S/C24H31N5O2/c1-15-11-21-19(12-18(15)24(31)28-10-6-9-17(14-28)27(2)3)22-20(23(30)26-21)13-25-29(22)16-7-4-5-8-16/h11-13,16-17H,4-10,14H2,1-3H3,(H,26,30). The van der Waals surface area contributed by atoms with E-state index < -0.39 is 0 Å². The van der Waals surface area contributed by atoms with Crippen molar-refractivity contribution in [2.45, 2.75) is 57.5 Å². The predicted octanol–water partition coefficient (Wildman–Crippen LogP) is 3.47. The highest BCUT2D eigenvalue weighted by molar-refractivity contribution is 6.07. The molecule has 0 spiro atoms. The van der Waals surface area contributed by atoms with Crippen LogP contribution < -0.4 is 5.56 Å². The van der Waals surface area contributed by atoms with E-state index in [-0.39, 0.29) is 11.5 Å². The molecule has 1 aromatic carbocycles. The molecule has 1 saturated carbocycles. The number of aromatic amines is 1. The summed E-state index contributed by atoms with van der Waals surface area (Å²) < 4.78 is 2.03. The Labute approximate surface area is 182 Å². The molecule has 3 heterocycles. The second kappa shape index (κ2) is 7.79. The normalized spacial score (nSPS) is 20.4. The van der Waals surface area contributed by atoms with E-state index in [9.17, 15) is 9.59 Å². The van der Waals surface area contributed by atoms with E-state index in [4.69, 9.17) is 0 Å². The highest BCUT2D eigenvalue weighted by atomic mass is 16.2. The van der Waals surface area contributed by atoms with Crippen LogP contribution in [0.2, 0.25) is 0 Å². The smallest absolute Gasteiger partial charge is 0.259 e. The van der Waals surface area contributed by atoms with Gasteiger partial charge in [0.2, 0.25) is 0 Å². The molecule has 164 valence electrons. The molecule has 2 fully saturated rings. The highest BCUT2D eigenvalue weighted by Gasteiger charge is 2.27. The number of pyridine rings is 1. The first kappa shape index (κ1) is 20.2. The van der Waals surface area contributed by atoms with Crippen molar-refractivity contribution in [2.75, 3.05) is 27.2 Å². The summed E-state index contributed by atoms with van der Waals surface area (Å²) in [6, 6.07) is 4.65. The van der Waals surface area contributed by atoms with Gasteiger partial charge in [-0.15, -0.1) is 0 Å². The molecule has 7 nitrogen and oxygen atoms in total. The van der Waals surface area contributed by atoms with Gasteiger partial charge in [-0.1, -0.05) is 12.8 Å². The van der Waals surface area contributed by atoms with Gasteiger partial charge in [0, 0.05) is 30.1 Å². The van der Waals surface area contributed by atoms with Crippen molar-refractivity contribution >= 4 is 27.7 Å². The van der Waals surface area contributed by atoms with Crippen molar-refractivity contribution in [2.24, 2.45) is 0 Å². The summed E-state index contributed by atoms with van der Waals surface area (Å²) >= 11 is 0. The minimum Gasteiger partial charge on any atom is -0.337 e. The maximum absolute atomic E-state index is 13.5. The van der Waals surface area contributed by atoms with E-state index in [1.807, 2.05) is 28.6 Å². The minimum absolute atomic E-state index is 0.0808. The number of fused-ring (bicyclic) bond motifs is 3. The fourth-order valence-electron chi connectivity index (χ4n) is 5.38. The number of hydrogen-bond donors (Lipinski definition) is 1. The first-order valence-corrected chi connectivity index (χ1v) is 11.4. The molecular weight excluding hydrogens is 390 g/mol.